The Labute approximate surface area is 187 Å². The molecule has 0 aromatic heterocycles. The Kier molecular flexibility index (Phi) is 28.1. The van der Waals surface area contributed by atoms with E-state index in [4.69, 9.17) is 23.7 Å². The van der Waals surface area contributed by atoms with Crippen LogP contribution in [0.15, 0.2) is 0 Å². The number of rotatable bonds is 25. The quantitative estimate of drug-likeness (QED) is 0.0921. The van der Waals surface area contributed by atoms with E-state index in [-0.39, 0.29) is 0 Å². The maximum Gasteiger partial charge on any atom is 0.0701 e. The van der Waals surface area contributed by atoms with E-state index in [9.17, 15) is 0 Å². The van der Waals surface area contributed by atoms with Gasteiger partial charge in [0.05, 0.1) is 59.5 Å². The first kappa shape index (κ1) is 28.5. The topological polar surface area (TPSA) is 46.2 Å². The van der Waals surface area contributed by atoms with Crippen LogP contribution < -0.4 is 0 Å². The molecule has 0 amide bonds. The van der Waals surface area contributed by atoms with E-state index in [0.717, 1.165) is 17.6 Å². The summed E-state index contributed by atoms with van der Waals surface area (Å²) in [6.07, 6.45) is 13.6. The van der Waals surface area contributed by atoms with Crippen LogP contribution in [0.2, 0.25) is 0 Å². The largest absolute Gasteiger partial charge is 0.379 e. The highest BCUT2D eigenvalue weighted by Crippen LogP contribution is 2.10. The van der Waals surface area contributed by atoms with Gasteiger partial charge in [-0.2, -0.15) is 0 Å². The van der Waals surface area contributed by atoms with E-state index in [2.05, 4.69) is 29.5 Å². The summed E-state index contributed by atoms with van der Waals surface area (Å²) in [4.78, 5) is 0. The molecular formula is C22H45IO5. The minimum absolute atomic E-state index is 0.602. The minimum Gasteiger partial charge on any atom is -0.379 e. The molecule has 0 aliphatic rings. The monoisotopic (exact) mass is 516 g/mol. The van der Waals surface area contributed by atoms with Crippen molar-refractivity contribution >= 4 is 22.6 Å². The summed E-state index contributed by atoms with van der Waals surface area (Å²) in [7, 11) is 0. The molecule has 0 atom stereocenters. The Morgan fingerprint density at radius 3 is 1.11 bits per heavy atom. The van der Waals surface area contributed by atoms with Crippen molar-refractivity contribution in [1.82, 2.24) is 0 Å². The van der Waals surface area contributed by atoms with Crippen molar-refractivity contribution < 1.29 is 23.7 Å². The summed E-state index contributed by atoms with van der Waals surface area (Å²) < 4.78 is 28.3. The minimum atomic E-state index is 0.602. The van der Waals surface area contributed by atoms with Gasteiger partial charge in [-0.25, -0.2) is 0 Å². The SMILES string of the molecule is CCCCCCCCCCCCOCCOCCOCCOCCOCCI. The van der Waals surface area contributed by atoms with Crippen LogP contribution in [-0.2, 0) is 23.7 Å². The van der Waals surface area contributed by atoms with Crippen LogP contribution in [0, 0.1) is 0 Å². The first-order valence-corrected chi connectivity index (χ1v) is 12.9. The summed E-state index contributed by atoms with van der Waals surface area (Å²) in [5, 5.41) is 0. The fourth-order valence-corrected chi connectivity index (χ4v) is 3.04. The van der Waals surface area contributed by atoms with Gasteiger partial charge in [0, 0.05) is 11.0 Å². The lowest BCUT2D eigenvalue weighted by Gasteiger charge is -2.08. The van der Waals surface area contributed by atoms with Crippen molar-refractivity contribution in [3.63, 3.8) is 0 Å². The summed E-state index contributed by atoms with van der Waals surface area (Å²) in [6, 6.07) is 0. The van der Waals surface area contributed by atoms with Crippen LogP contribution in [0.5, 0.6) is 0 Å². The summed E-state index contributed by atoms with van der Waals surface area (Å²) in [5.41, 5.74) is 0. The number of hydrogen-bond donors (Lipinski definition) is 0. The van der Waals surface area contributed by atoms with Gasteiger partial charge in [0.2, 0.25) is 0 Å². The van der Waals surface area contributed by atoms with Crippen molar-refractivity contribution in [2.24, 2.45) is 0 Å². The van der Waals surface area contributed by atoms with Gasteiger partial charge in [0.15, 0.2) is 0 Å². The van der Waals surface area contributed by atoms with Gasteiger partial charge in [-0.1, -0.05) is 87.3 Å². The van der Waals surface area contributed by atoms with Crippen LogP contribution in [0.1, 0.15) is 71.1 Å². The van der Waals surface area contributed by atoms with Crippen LogP contribution in [0.25, 0.3) is 0 Å². The van der Waals surface area contributed by atoms with E-state index in [0.29, 0.717) is 52.9 Å². The molecule has 0 spiro atoms. The zero-order valence-electron chi connectivity index (χ0n) is 18.3. The van der Waals surface area contributed by atoms with E-state index in [1.54, 1.807) is 0 Å². The van der Waals surface area contributed by atoms with E-state index >= 15 is 0 Å². The normalized spacial score (nSPS) is 11.4. The number of alkyl halides is 1. The van der Waals surface area contributed by atoms with Crippen molar-refractivity contribution in [3.05, 3.63) is 0 Å². The molecule has 0 aliphatic carbocycles. The molecule has 0 bridgehead atoms. The van der Waals surface area contributed by atoms with Gasteiger partial charge in [-0.05, 0) is 6.42 Å². The highest BCUT2D eigenvalue weighted by Gasteiger charge is 1.95. The average Bonchev–Trinajstić information content (AvgIpc) is 2.71. The molecule has 0 unspecified atom stereocenters. The van der Waals surface area contributed by atoms with Gasteiger partial charge < -0.3 is 23.7 Å². The van der Waals surface area contributed by atoms with Gasteiger partial charge >= 0.3 is 0 Å². The molecule has 0 N–H and O–H groups in total. The highest BCUT2D eigenvalue weighted by atomic mass is 127. The highest BCUT2D eigenvalue weighted by molar-refractivity contribution is 14.1. The maximum absolute atomic E-state index is 5.61. The third kappa shape index (κ3) is 26.5. The first-order valence-electron chi connectivity index (χ1n) is 11.4. The molecule has 0 aromatic carbocycles. The lowest BCUT2D eigenvalue weighted by Crippen LogP contribution is -2.13. The van der Waals surface area contributed by atoms with Crippen LogP contribution in [0.4, 0.5) is 0 Å². The van der Waals surface area contributed by atoms with Gasteiger partial charge in [0.1, 0.15) is 0 Å². The van der Waals surface area contributed by atoms with Crippen LogP contribution in [0.3, 0.4) is 0 Å². The second-order valence-corrected chi connectivity index (χ2v) is 8.01. The smallest absolute Gasteiger partial charge is 0.0701 e. The molecule has 0 rings (SSSR count). The molecule has 28 heavy (non-hydrogen) atoms. The van der Waals surface area contributed by atoms with Crippen LogP contribution in [-0.4, -0.2) is 70.5 Å². The lowest BCUT2D eigenvalue weighted by molar-refractivity contribution is -0.0102. The summed E-state index contributed by atoms with van der Waals surface area (Å²) in [6.45, 7) is 8.96. The number of hydrogen-bond acceptors (Lipinski definition) is 5. The zero-order valence-corrected chi connectivity index (χ0v) is 20.4. The molecule has 0 aliphatic heterocycles. The first-order chi connectivity index (χ1) is 13.9. The summed E-state index contributed by atoms with van der Waals surface area (Å²) >= 11 is 2.29. The predicted octanol–water partition coefficient (Wildman–Crippen LogP) is 5.43. The molecule has 5 nitrogen and oxygen atoms in total. The molecule has 0 aromatic rings. The fourth-order valence-electron chi connectivity index (χ4n) is 2.73. The zero-order chi connectivity index (χ0) is 20.4. The molecule has 0 saturated carbocycles. The van der Waals surface area contributed by atoms with Crippen molar-refractivity contribution in [2.75, 3.05) is 70.5 Å². The third-order valence-electron chi connectivity index (χ3n) is 4.35. The van der Waals surface area contributed by atoms with Crippen molar-refractivity contribution in [2.45, 2.75) is 71.1 Å². The van der Waals surface area contributed by atoms with Crippen molar-refractivity contribution in [3.8, 4) is 0 Å². The third-order valence-corrected chi connectivity index (χ3v) is 4.79. The summed E-state index contributed by atoms with van der Waals surface area (Å²) in [5.74, 6) is 0. The van der Waals surface area contributed by atoms with E-state index in [1.165, 1.54) is 64.2 Å². The van der Waals surface area contributed by atoms with Gasteiger partial charge in [-0.3, -0.25) is 0 Å². The lowest BCUT2D eigenvalue weighted by atomic mass is 10.1. The molecule has 0 fully saturated rings. The Morgan fingerprint density at radius 2 is 0.714 bits per heavy atom. The fraction of sp³-hybridized carbons (Fsp3) is 1.00. The Morgan fingerprint density at radius 1 is 0.393 bits per heavy atom. The second kappa shape index (κ2) is 27.5. The van der Waals surface area contributed by atoms with E-state index < -0.39 is 0 Å². The number of ether oxygens (including phenoxy) is 5. The molecule has 0 heterocycles. The molecule has 170 valence electrons. The van der Waals surface area contributed by atoms with Gasteiger partial charge in [0.25, 0.3) is 0 Å². The molecule has 6 heteroatoms. The van der Waals surface area contributed by atoms with Crippen molar-refractivity contribution in [1.29, 1.82) is 0 Å². The van der Waals surface area contributed by atoms with Crippen LogP contribution >= 0.6 is 22.6 Å². The van der Waals surface area contributed by atoms with Gasteiger partial charge in [-0.15, -0.1) is 0 Å². The standard InChI is InChI=1S/C22H45IO5/c1-2-3-4-5-6-7-8-9-10-11-13-24-15-17-26-19-21-28-22-20-27-18-16-25-14-12-23/h2-22H2,1H3. The molecule has 0 radical (unpaired) electrons. The molecular weight excluding hydrogens is 471 g/mol. The Bertz CT molecular complexity index is 243. The van der Waals surface area contributed by atoms with E-state index in [1.807, 2.05) is 0 Å². The Hall–Kier alpha value is 0.530. The predicted molar refractivity (Wildman–Crippen MR) is 125 cm³/mol. The molecule has 0 saturated heterocycles. The second-order valence-electron chi connectivity index (χ2n) is 6.93. The number of halogens is 1. The average molecular weight is 517 g/mol. The number of unbranched alkanes of at least 4 members (excludes halogenated alkanes) is 9. The maximum atomic E-state index is 5.61. The Balaban J connectivity index is 2.96.